The van der Waals surface area contributed by atoms with E-state index in [1.807, 2.05) is 12.3 Å². The van der Waals surface area contributed by atoms with Gasteiger partial charge in [-0.15, -0.1) is 11.3 Å². The fourth-order valence-corrected chi connectivity index (χ4v) is 4.72. The molecule has 0 radical (unpaired) electrons. The van der Waals surface area contributed by atoms with Crippen LogP contribution in [-0.2, 0) is 4.79 Å². The predicted molar refractivity (Wildman–Crippen MR) is 118 cm³/mol. The van der Waals surface area contributed by atoms with Crippen LogP contribution in [0.3, 0.4) is 0 Å². The Morgan fingerprint density at radius 3 is 2.97 bits per heavy atom. The number of benzene rings is 1. The Morgan fingerprint density at radius 2 is 2.17 bits per heavy atom. The molecular formula is C21H22ClN3O3S. The zero-order valence-electron chi connectivity index (χ0n) is 16.3. The summed E-state index contributed by atoms with van der Waals surface area (Å²) in [5.74, 6) is 1.75. The number of amides is 1. The molecule has 29 heavy (non-hydrogen) atoms. The van der Waals surface area contributed by atoms with E-state index in [0.717, 1.165) is 30.6 Å². The molecule has 6 nitrogen and oxygen atoms in total. The summed E-state index contributed by atoms with van der Waals surface area (Å²) in [6, 6.07) is 7.48. The number of piperidine rings is 1. The molecule has 0 spiro atoms. The molecule has 1 amide bonds. The van der Waals surface area contributed by atoms with Crippen LogP contribution in [0, 0.1) is 5.92 Å². The zero-order chi connectivity index (χ0) is 20.4. The summed E-state index contributed by atoms with van der Waals surface area (Å²) < 4.78 is 11.8. The minimum absolute atomic E-state index is 0.0717. The molecule has 1 aromatic carbocycles. The Bertz CT molecular complexity index is 1040. The maximum atomic E-state index is 13.0. The second-order valence-corrected chi connectivity index (χ2v) is 8.28. The number of nitrogens with one attached hydrogen (secondary N) is 1. The molecule has 8 heteroatoms. The van der Waals surface area contributed by atoms with Crippen LogP contribution in [0.4, 0.5) is 11.5 Å². The fraction of sp³-hybridized carbons (Fsp3) is 0.333. The van der Waals surface area contributed by atoms with Gasteiger partial charge in [0.15, 0.2) is 0 Å². The van der Waals surface area contributed by atoms with Crippen molar-refractivity contribution in [1.29, 1.82) is 0 Å². The summed E-state index contributed by atoms with van der Waals surface area (Å²) in [7, 11) is 3.10. The molecule has 1 fully saturated rings. The molecule has 0 unspecified atom stereocenters. The number of halogens is 1. The number of nitrogens with zero attached hydrogens (tertiary/aromatic N) is 2. The number of anilines is 2. The van der Waals surface area contributed by atoms with Crippen LogP contribution >= 0.6 is 22.9 Å². The van der Waals surface area contributed by atoms with Crippen molar-refractivity contribution in [2.24, 2.45) is 5.92 Å². The van der Waals surface area contributed by atoms with E-state index in [-0.39, 0.29) is 11.8 Å². The van der Waals surface area contributed by atoms with E-state index >= 15 is 0 Å². The van der Waals surface area contributed by atoms with Crippen LogP contribution in [0.1, 0.15) is 12.8 Å². The van der Waals surface area contributed by atoms with Crippen LogP contribution < -0.4 is 19.7 Å². The molecule has 0 saturated carbocycles. The number of carbonyl (C=O) groups is 1. The quantitative estimate of drug-likeness (QED) is 0.627. The highest BCUT2D eigenvalue weighted by Crippen LogP contribution is 2.38. The van der Waals surface area contributed by atoms with E-state index in [2.05, 4.69) is 26.6 Å². The van der Waals surface area contributed by atoms with E-state index in [4.69, 9.17) is 21.1 Å². The summed E-state index contributed by atoms with van der Waals surface area (Å²) in [5, 5.41) is 6.55. The molecule has 1 atom stereocenters. The van der Waals surface area contributed by atoms with Crippen molar-refractivity contribution < 1.29 is 14.3 Å². The number of carbonyl (C=O) groups excluding carboxylic acids is 1. The lowest BCUT2D eigenvalue weighted by molar-refractivity contribution is -0.120. The highest BCUT2D eigenvalue weighted by atomic mass is 35.5. The molecule has 0 bridgehead atoms. The van der Waals surface area contributed by atoms with E-state index in [1.54, 1.807) is 30.6 Å². The van der Waals surface area contributed by atoms with Crippen molar-refractivity contribution in [2.45, 2.75) is 12.8 Å². The Labute approximate surface area is 178 Å². The average Bonchev–Trinajstić information content (AvgIpc) is 3.23. The fourth-order valence-electron chi connectivity index (χ4n) is 3.70. The number of ether oxygens (including phenoxy) is 2. The molecule has 3 heterocycles. The number of rotatable bonds is 5. The summed E-state index contributed by atoms with van der Waals surface area (Å²) in [6.07, 6.45) is 3.58. The molecular weight excluding hydrogens is 410 g/mol. The lowest BCUT2D eigenvalue weighted by atomic mass is 9.96. The minimum atomic E-state index is -0.165. The van der Waals surface area contributed by atoms with Gasteiger partial charge in [-0.3, -0.25) is 4.79 Å². The first-order valence-electron chi connectivity index (χ1n) is 9.40. The third-order valence-corrected chi connectivity index (χ3v) is 6.36. The maximum absolute atomic E-state index is 13.0. The van der Waals surface area contributed by atoms with Gasteiger partial charge in [-0.2, -0.15) is 0 Å². The Hall–Kier alpha value is -2.51. The smallest absolute Gasteiger partial charge is 0.229 e. The lowest BCUT2D eigenvalue weighted by Gasteiger charge is -2.33. The first-order valence-corrected chi connectivity index (χ1v) is 10.7. The summed E-state index contributed by atoms with van der Waals surface area (Å²) in [4.78, 5) is 19.8. The van der Waals surface area contributed by atoms with Gasteiger partial charge in [-0.1, -0.05) is 11.6 Å². The molecule has 4 rings (SSSR count). The predicted octanol–water partition coefficient (Wildman–Crippen LogP) is 4.82. The molecule has 1 N–H and O–H groups in total. The topological polar surface area (TPSA) is 63.7 Å². The normalized spacial score (nSPS) is 16.7. The van der Waals surface area contributed by atoms with E-state index in [9.17, 15) is 4.79 Å². The molecule has 3 aromatic rings. The second-order valence-electron chi connectivity index (χ2n) is 6.93. The summed E-state index contributed by atoms with van der Waals surface area (Å²) in [6.45, 7) is 1.50. The summed E-state index contributed by atoms with van der Waals surface area (Å²) >= 11 is 8.06. The van der Waals surface area contributed by atoms with Crippen LogP contribution in [0.5, 0.6) is 11.5 Å². The van der Waals surface area contributed by atoms with Gasteiger partial charge < -0.3 is 19.7 Å². The van der Waals surface area contributed by atoms with Crippen LogP contribution in [0.15, 0.2) is 35.8 Å². The molecule has 1 aliphatic heterocycles. The standard InChI is InChI=1S/C21H22ClN3O3S/c1-27-14-10-16(22)19(17(11-14)28-2)24-21(26)13-4-3-8-25(12-13)20-15-6-9-29-18(15)5-7-23-20/h5-7,9-11,13H,3-4,8,12H2,1-2H3,(H,24,26)/t13-/m0/s1. The minimum Gasteiger partial charge on any atom is -0.497 e. The molecule has 0 aliphatic carbocycles. The van der Waals surface area contributed by atoms with Crippen LogP contribution in [0.25, 0.3) is 10.1 Å². The van der Waals surface area contributed by atoms with Gasteiger partial charge >= 0.3 is 0 Å². The summed E-state index contributed by atoms with van der Waals surface area (Å²) in [5.41, 5.74) is 0.468. The third-order valence-electron chi connectivity index (χ3n) is 5.18. The van der Waals surface area contributed by atoms with Crippen LogP contribution in [-0.4, -0.2) is 38.2 Å². The van der Waals surface area contributed by atoms with Crippen molar-refractivity contribution in [3.63, 3.8) is 0 Å². The number of aromatic nitrogens is 1. The van der Waals surface area contributed by atoms with Crippen molar-refractivity contribution in [2.75, 3.05) is 37.5 Å². The largest absolute Gasteiger partial charge is 0.497 e. The number of pyridine rings is 1. The highest BCUT2D eigenvalue weighted by Gasteiger charge is 2.28. The van der Waals surface area contributed by atoms with Crippen molar-refractivity contribution in [3.8, 4) is 11.5 Å². The second kappa shape index (κ2) is 8.47. The van der Waals surface area contributed by atoms with Gasteiger partial charge in [0.05, 0.1) is 25.2 Å². The molecule has 152 valence electrons. The molecule has 2 aromatic heterocycles. The number of hydrogen-bond donors (Lipinski definition) is 1. The zero-order valence-corrected chi connectivity index (χ0v) is 17.8. The van der Waals surface area contributed by atoms with Gasteiger partial charge in [0.2, 0.25) is 5.91 Å². The van der Waals surface area contributed by atoms with Gasteiger partial charge in [-0.25, -0.2) is 4.98 Å². The third kappa shape index (κ3) is 3.97. The Kier molecular flexibility index (Phi) is 5.78. The van der Waals surface area contributed by atoms with E-state index in [0.29, 0.717) is 28.8 Å². The van der Waals surface area contributed by atoms with Gasteiger partial charge in [0.1, 0.15) is 23.0 Å². The van der Waals surface area contributed by atoms with Crippen molar-refractivity contribution >= 4 is 50.4 Å². The molecule has 1 aliphatic rings. The Balaban J connectivity index is 1.53. The van der Waals surface area contributed by atoms with Crippen molar-refractivity contribution in [3.05, 3.63) is 40.9 Å². The van der Waals surface area contributed by atoms with E-state index in [1.165, 1.54) is 11.8 Å². The SMILES string of the molecule is COc1cc(Cl)c(NC(=O)[C@H]2CCCN(c3nccc4sccc34)C2)c(OC)c1. The lowest BCUT2D eigenvalue weighted by Crippen LogP contribution is -2.41. The first kappa shape index (κ1) is 19.8. The number of hydrogen-bond acceptors (Lipinski definition) is 6. The number of fused-ring (bicyclic) bond motifs is 1. The first-order chi connectivity index (χ1) is 14.1. The van der Waals surface area contributed by atoms with E-state index < -0.39 is 0 Å². The number of thiophene rings is 1. The van der Waals surface area contributed by atoms with Gasteiger partial charge in [-0.05, 0) is 30.4 Å². The highest BCUT2D eigenvalue weighted by molar-refractivity contribution is 7.17. The molecule has 1 saturated heterocycles. The average molecular weight is 432 g/mol. The van der Waals surface area contributed by atoms with Gasteiger partial charge in [0.25, 0.3) is 0 Å². The maximum Gasteiger partial charge on any atom is 0.229 e. The van der Waals surface area contributed by atoms with Crippen LogP contribution in [0.2, 0.25) is 5.02 Å². The van der Waals surface area contributed by atoms with Gasteiger partial charge in [0, 0.05) is 41.5 Å². The van der Waals surface area contributed by atoms with Crippen molar-refractivity contribution in [1.82, 2.24) is 4.98 Å². The monoisotopic (exact) mass is 431 g/mol. The Morgan fingerprint density at radius 1 is 1.31 bits per heavy atom. The number of methoxy groups -OCH3 is 2.